The number of nitrogens with one attached hydrogen (secondary N) is 2. The number of benzene rings is 1. The van der Waals surface area contributed by atoms with Gasteiger partial charge in [-0.15, -0.1) is 0 Å². The lowest BCUT2D eigenvalue weighted by atomic mass is 9.96. The first-order valence-corrected chi connectivity index (χ1v) is 8.48. The third-order valence-electron chi connectivity index (χ3n) is 4.43. The molecule has 1 aliphatic rings. The number of rotatable bonds is 4. The Morgan fingerprint density at radius 1 is 1.35 bits per heavy atom. The number of aromatic nitrogens is 1. The molecule has 1 aromatic heterocycles. The molecule has 0 saturated carbocycles. The Labute approximate surface area is 138 Å². The lowest BCUT2D eigenvalue weighted by molar-refractivity contribution is 0.0947. The maximum Gasteiger partial charge on any atom is 0.251 e. The summed E-state index contributed by atoms with van der Waals surface area (Å²) in [5, 5.41) is 4.18. The fourth-order valence-corrected chi connectivity index (χ4v) is 3.43. The van der Waals surface area contributed by atoms with Crippen molar-refractivity contribution in [3.8, 4) is 0 Å². The van der Waals surface area contributed by atoms with Crippen molar-refractivity contribution in [3.63, 3.8) is 0 Å². The number of nitrogens with zero attached hydrogens (tertiary/aromatic N) is 1. The molecular formula is C19H27N3O. The Bertz CT molecular complexity index is 683. The average Bonchev–Trinajstić information content (AvgIpc) is 3.11. The number of aromatic amines is 1. The van der Waals surface area contributed by atoms with Gasteiger partial charge in [-0.2, -0.15) is 0 Å². The Balaban J connectivity index is 1.51. The third-order valence-corrected chi connectivity index (χ3v) is 4.43. The predicted octanol–water partition coefficient (Wildman–Crippen LogP) is 3.27. The van der Waals surface area contributed by atoms with Crippen LogP contribution in [0.1, 0.15) is 37.6 Å². The number of amides is 1. The molecule has 2 N–H and O–H groups in total. The Morgan fingerprint density at radius 2 is 2.17 bits per heavy atom. The van der Waals surface area contributed by atoms with Crippen molar-refractivity contribution in [3.05, 3.63) is 36.0 Å². The molecule has 1 atom stereocenters. The van der Waals surface area contributed by atoms with Gasteiger partial charge in [-0.05, 0) is 48.6 Å². The van der Waals surface area contributed by atoms with Crippen molar-refractivity contribution in [1.82, 2.24) is 15.2 Å². The first-order valence-electron chi connectivity index (χ1n) is 8.48. The highest BCUT2D eigenvalue weighted by Gasteiger charge is 2.26. The third kappa shape index (κ3) is 4.14. The molecule has 124 valence electrons. The summed E-state index contributed by atoms with van der Waals surface area (Å²) in [4.78, 5) is 18.0. The van der Waals surface area contributed by atoms with Gasteiger partial charge in [0.1, 0.15) is 0 Å². The summed E-state index contributed by atoms with van der Waals surface area (Å²) in [6, 6.07) is 7.79. The van der Waals surface area contributed by atoms with E-state index >= 15 is 0 Å². The second-order valence-electron chi connectivity index (χ2n) is 7.94. The SMILES string of the molecule is CC(C)(C)CN1CCC(CNC(=O)c2ccc3[nH]ccc3c2)C1. The van der Waals surface area contributed by atoms with Gasteiger partial charge in [-0.3, -0.25) is 4.79 Å². The minimum Gasteiger partial charge on any atom is -0.361 e. The highest BCUT2D eigenvalue weighted by atomic mass is 16.1. The molecule has 23 heavy (non-hydrogen) atoms. The predicted molar refractivity (Wildman–Crippen MR) is 94.6 cm³/mol. The molecule has 0 bridgehead atoms. The normalized spacial score (nSPS) is 19.3. The van der Waals surface area contributed by atoms with Crippen LogP contribution in [0, 0.1) is 11.3 Å². The number of carbonyl (C=O) groups is 1. The molecule has 0 spiro atoms. The van der Waals surface area contributed by atoms with Crippen molar-refractivity contribution >= 4 is 16.8 Å². The lowest BCUT2D eigenvalue weighted by Gasteiger charge is -2.26. The van der Waals surface area contributed by atoms with Crippen LogP contribution >= 0.6 is 0 Å². The van der Waals surface area contributed by atoms with E-state index in [4.69, 9.17) is 0 Å². The minimum absolute atomic E-state index is 0.0300. The number of fused-ring (bicyclic) bond motifs is 1. The van der Waals surface area contributed by atoms with E-state index in [2.05, 4.69) is 36.0 Å². The summed E-state index contributed by atoms with van der Waals surface area (Å²) in [5.41, 5.74) is 2.14. The molecule has 2 aromatic rings. The standard InChI is InChI=1S/C19H27N3O/c1-19(2,3)13-22-9-7-14(12-22)11-21-18(23)16-4-5-17-15(10-16)6-8-20-17/h4-6,8,10,14,20H,7,9,11-13H2,1-3H3,(H,21,23). The maximum absolute atomic E-state index is 12.3. The number of likely N-dealkylation sites (tertiary alicyclic amines) is 1. The molecule has 0 radical (unpaired) electrons. The van der Waals surface area contributed by atoms with Gasteiger partial charge in [0, 0.05) is 42.3 Å². The fourth-order valence-electron chi connectivity index (χ4n) is 3.43. The number of H-pyrrole nitrogens is 1. The molecule has 1 fully saturated rings. The maximum atomic E-state index is 12.3. The zero-order valence-corrected chi connectivity index (χ0v) is 14.4. The van der Waals surface area contributed by atoms with E-state index < -0.39 is 0 Å². The van der Waals surface area contributed by atoms with E-state index in [-0.39, 0.29) is 5.91 Å². The van der Waals surface area contributed by atoms with Crippen molar-refractivity contribution < 1.29 is 4.79 Å². The molecule has 4 nitrogen and oxygen atoms in total. The van der Waals surface area contributed by atoms with Gasteiger partial charge in [0.05, 0.1) is 0 Å². The van der Waals surface area contributed by atoms with Crippen LogP contribution in [0.3, 0.4) is 0 Å². The molecule has 2 heterocycles. The molecule has 3 rings (SSSR count). The zero-order valence-electron chi connectivity index (χ0n) is 14.4. The largest absolute Gasteiger partial charge is 0.361 e. The van der Waals surface area contributed by atoms with Crippen molar-refractivity contribution in [2.75, 3.05) is 26.2 Å². The van der Waals surface area contributed by atoms with Crippen LogP contribution in [-0.4, -0.2) is 42.0 Å². The molecule has 1 aromatic carbocycles. The molecule has 1 amide bonds. The topological polar surface area (TPSA) is 48.1 Å². The van der Waals surface area contributed by atoms with Crippen LogP contribution < -0.4 is 5.32 Å². The summed E-state index contributed by atoms with van der Waals surface area (Å²) in [6.07, 6.45) is 3.07. The summed E-state index contributed by atoms with van der Waals surface area (Å²) in [7, 11) is 0. The number of carbonyl (C=O) groups excluding carboxylic acids is 1. The number of hydrogen-bond donors (Lipinski definition) is 2. The highest BCUT2D eigenvalue weighted by Crippen LogP contribution is 2.22. The Morgan fingerprint density at radius 3 is 2.96 bits per heavy atom. The summed E-state index contributed by atoms with van der Waals surface area (Å²) in [5.74, 6) is 0.597. The monoisotopic (exact) mass is 313 g/mol. The van der Waals surface area contributed by atoms with Gasteiger partial charge in [0.15, 0.2) is 0 Å². The van der Waals surface area contributed by atoms with E-state index in [9.17, 15) is 4.79 Å². The van der Waals surface area contributed by atoms with E-state index in [0.717, 1.165) is 42.6 Å². The van der Waals surface area contributed by atoms with Crippen LogP contribution in [0.4, 0.5) is 0 Å². The van der Waals surface area contributed by atoms with Gasteiger partial charge in [-0.1, -0.05) is 20.8 Å². The van der Waals surface area contributed by atoms with E-state index in [1.54, 1.807) is 0 Å². The van der Waals surface area contributed by atoms with Gasteiger partial charge in [-0.25, -0.2) is 0 Å². The van der Waals surface area contributed by atoms with Crippen LogP contribution in [-0.2, 0) is 0 Å². The molecule has 1 aliphatic heterocycles. The Kier molecular flexibility index (Phi) is 4.44. The summed E-state index contributed by atoms with van der Waals surface area (Å²) < 4.78 is 0. The minimum atomic E-state index is 0.0300. The second kappa shape index (κ2) is 6.36. The highest BCUT2D eigenvalue weighted by molar-refractivity contribution is 5.98. The first kappa shape index (κ1) is 16.1. The van der Waals surface area contributed by atoms with Crippen LogP contribution in [0.15, 0.2) is 30.5 Å². The van der Waals surface area contributed by atoms with Gasteiger partial charge in [0.25, 0.3) is 5.91 Å². The summed E-state index contributed by atoms with van der Waals surface area (Å²) >= 11 is 0. The molecular weight excluding hydrogens is 286 g/mol. The molecule has 0 aliphatic carbocycles. The van der Waals surface area contributed by atoms with Crippen molar-refractivity contribution in [2.45, 2.75) is 27.2 Å². The van der Waals surface area contributed by atoms with Crippen molar-refractivity contribution in [2.24, 2.45) is 11.3 Å². The van der Waals surface area contributed by atoms with Gasteiger partial charge in [0.2, 0.25) is 0 Å². The Hall–Kier alpha value is -1.81. The molecule has 4 heteroatoms. The first-order chi connectivity index (χ1) is 10.9. The second-order valence-corrected chi connectivity index (χ2v) is 7.94. The summed E-state index contributed by atoms with van der Waals surface area (Å²) in [6.45, 7) is 11.0. The molecule has 1 unspecified atom stereocenters. The van der Waals surface area contributed by atoms with E-state index in [1.165, 1.54) is 6.42 Å². The quantitative estimate of drug-likeness (QED) is 0.910. The fraction of sp³-hybridized carbons (Fsp3) is 0.526. The zero-order chi connectivity index (χ0) is 16.4. The smallest absolute Gasteiger partial charge is 0.251 e. The van der Waals surface area contributed by atoms with Gasteiger partial charge >= 0.3 is 0 Å². The van der Waals surface area contributed by atoms with Crippen LogP contribution in [0.25, 0.3) is 10.9 Å². The van der Waals surface area contributed by atoms with E-state index in [1.807, 2.05) is 30.5 Å². The van der Waals surface area contributed by atoms with Crippen LogP contribution in [0.2, 0.25) is 0 Å². The average molecular weight is 313 g/mol. The van der Waals surface area contributed by atoms with Crippen molar-refractivity contribution in [1.29, 1.82) is 0 Å². The van der Waals surface area contributed by atoms with Crippen LogP contribution in [0.5, 0.6) is 0 Å². The van der Waals surface area contributed by atoms with Gasteiger partial charge < -0.3 is 15.2 Å². The molecule has 1 saturated heterocycles. The van der Waals surface area contributed by atoms with E-state index in [0.29, 0.717) is 11.3 Å². The lowest BCUT2D eigenvalue weighted by Crippen LogP contribution is -2.33. The number of hydrogen-bond acceptors (Lipinski definition) is 2.